The molecule has 2 unspecified atom stereocenters. The minimum Gasteiger partial charge on any atom is -1.00 e. The first kappa shape index (κ1) is 39.5. The number of carboxylic acid groups (broad SMARTS) is 2. The van der Waals surface area contributed by atoms with Crippen LogP contribution in [0, 0.1) is 0 Å². The zero-order valence-electron chi connectivity index (χ0n) is 22.5. The Labute approximate surface area is 237 Å². The van der Waals surface area contributed by atoms with Gasteiger partial charge in [-0.1, -0.05) is 57.6 Å². The van der Waals surface area contributed by atoms with Crippen LogP contribution in [0.2, 0.25) is 0 Å². The van der Waals surface area contributed by atoms with Gasteiger partial charge in [-0.25, -0.2) is 0 Å². The van der Waals surface area contributed by atoms with Gasteiger partial charge in [0.2, 0.25) is 0 Å². The fourth-order valence-electron chi connectivity index (χ4n) is 2.78. The Balaban J connectivity index is -0.000000332. The van der Waals surface area contributed by atoms with Gasteiger partial charge in [0.05, 0.1) is 13.0 Å². The second-order valence-electron chi connectivity index (χ2n) is 8.09. The molecule has 0 aliphatic carbocycles. The standard InChI is InChI=1S/C19H36O4.C4H6O7S.Na.H/c1-2-3-4-5-6-7-8-9-10-11-12-13-14-15-19(22)23-17-18(21)16-20;5-3(6)1-2(4(7)8)12(9,10)11;;/h7-8,18,20-21H,2-6,9-17H2,1H3;2H,1H2,(H,5,6)(H,7,8)(H,9,10,11);;/q;;+1;-1/b8-7-;;;. The largest absolute Gasteiger partial charge is 1.00 e. The number of carboxylic acids is 2. The van der Waals surface area contributed by atoms with Gasteiger partial charge in [-0.15, -0.1) is 0 Å². The molecule has 0 aromatic carbocycles. The number of esters is 1. The molecule has 36 heavy (non-hydrogen) atoms. The van der Waals surface area contributed by atoms with Crippen LogP contribution in [-0.2, 0) is 29.2 Å². The van der Waals surface area contributed by atoms with E-state index in [-0.39, 0.29) is 50.2 Å². The first-order chi connectivity index (χ1) is 16.4. The first-order valence-corrected chi connectivity index (χ1v) is 13.5. The number of carbonyl (C=O) groups excluding carboxylic acids is 1. The van der Waals surface area contributed by atoms with Crippen molar-refractivity contribution in [3.63, 3.8) is 0 Å². The molecule has 0 aliphatic heterocycles. The van der Waals surface area contributed by atoms with Crippen molar-refractivity contribution in [3.8, 4) is 0 Å². The number of ether oxygens (including phenoxy) is 1. The molecule has 0 bridgehead atoms. The molecule has 0 fully saturated rings. The van der Waals surface area contributed by atoms with E-state index < -0.39 is 39.8 Å². The third-order valence-corrected chi connectivity index (χ3v) is 5.87. The summed E-state index contributed by atoms with van der Waals surface area (Å²) >= 11 is 0. The molecular weight excluding hydrogens is 507 g/mol. The summed E-state index contributed by atoms with van der Waals surface area (Å²) in [4.78, 5) is 31.3. The maximum atomic E-state index is 11.3. The van der Waals surface area contributed by atoms with Crippen molar-refractivity contribution in [1.82, 2.24) is 0 Å². The topological polar surface area (TPSA) is 196 Å². The van der Waals surface area contributed by atoms with Crippen molar-refractivity contribution in [1.29, 1.82) is 0 Å². The zero-order chi connectivity index (χ0) is 27.1. The average Bonchev–Trinajstić information content (AvgIpc) is 2.78. The molecule has 0 radical (unpaired) electrons. The van der Waals surface area contributed by atoms with E-state index in [0.29, 0.717) is 6.42 Å². The maximum absolute atomic E-state index is 11.3. The number of aliphatic hydroxyl groups is 2. The van der Waals surface area contributed by atoms with Crippen molar-refractivity contribution < 1.29 is 83.5 Å². The normalized spacial score (nSPS) is 12.7. The summed E-state index contributed by atoms with van der Waals surface area (Å²) in [5.41, 5.74) is 0. The van der Waals surface area contributed by atoms with Gasteiger partial charge in [-0.05, 0) is 32.1 Å². The van der Waals surface area contributed by atoms with E-state index in [1.807, 2.05) is 0 Å². The molecule has 0 aromatic heterocycles. The van der Waals surface area contributed by atoms with E-state index in [2.05, 4.69) is 19.1 Å². The van der Waals surface area contributed by atoms with Gasteiger partial charge < -0.3 is 26.6 Å². The minimum atomic E-state index is -4.84. The summed E-state index contributed by atoms with van der Waals surface area (Å²) in [6.45, 7) is 1.75. The van der Waals surface area contributed by atoms with Crippen LogP contribution < -0.4 is 29.6 Å². The molecule has 0 amide bonds. The van der Waals surface area contributed by atoms with Gasteiger partial charge in [-0.2, -0.15) is 8.42 Å². The summed E-state index contributed by atoms with van der Waals surface area (Å²) in [7, 11) is -4.84. The van der Waals surface area contributed by atoms with Crippen LogP contribution in [0.4, 0.5) is 0 Å². The monoisotopic (exact) mass is 550 g/mol. The molecule has 0 saturated carbocycles. The van der Waals surface area contributed by atoms with Crippen molar-refractivity contribution in [3.05, 3.63) is 12.2 Å². The maximum Gasteiger partial charge on any atom is 1.00 e. The third-order valence-electron chi connectivity index (χ3n) is 4.79. The Morgan fingerprint density at radius 3 is 1.83 bits per heavy atom. The Bertz CT molecular complexity index is 717. The van der Waals surface area contributed by atoms with Crippen LogP contribution in [0.25, 0.3) is 0 Å². The molecule has 0 heterocycles. The Hall–Kier alpha value is -1.02. The van der Waals surface area contributed by atoms with E-state index in [1.54, 1.807) is 0 Å². The van der Waals surface area contributed by atoms with Gasteiger partial charge in [0.1, 0.15) is 12.7 Å². The van der Waals surface area contributed by atoms with Gasteiger partial charge >= 0.3 is 47.5 Å². The Kier molecular flexibility index (Phi) is 28.1. The molecule has 0 spiro atoms. The fraction of sp³-hybridized carbons (Fsp3) is 0.783. The van der Waals surface area contributed by atoms with Crippen LogP contribution in [0.1, 0.15) is 91.8 Å². The number of carbonyl (C=O) groups is 3. The van der Waals surface area contributed by atoms with E-state index >= 15 is 0 Å². The average molecular weight is 551 g/mol. The SMILES string of the molecule is CCCCCC/C=C\CCCCCCCC(=O)OCC(O)CO.O=C(O)CC(C(=O)O)S(=O)(=O)O.[H-].[Na+]. The van der Waals surface area contributed by atoms with E-state index in [9.17, 15) is 22.8 Å². The molecular formula is C23H43NaO11S. The van der Waals surface area contributed by atoms with Crippen molar-refractivity contribution in [2.75, 3.05) is 13.2 Å². The molecule has 0 rings (SSSR count). The second kappa shape index (κ2) is 25.6. The fourth-order valence-corrected chi connectivity index (χ4v) is 3.39. The summed E-state index contributed by atoms with van der Waals surface area (Å²) < 4.78 is 33.5. The Morgan fingerprint density at radius 1 is 0.917 bits per heavy atom. The predicted octanol–water partition coefficient (Wildman–Crippen LogP) is 0.0587. The second-order valence-corrected chi connectivity index (χ2v) is 9.69. The van der Waals surface area contributed by atoms with Gasteiger partial charge in [-0.3, -0.25) is 18.9 Å². The molecule has 208 valence electrons. The summed E-state index contributed by atoms with van der Waals surface area (Å²) in [5.74, 6) is -3.79. The van der Waals surface area contributed by atoms with Crippen molar-refractivity contribution in [2.24, 2.45) is 0 Å². The molecule has 5 N–H and O–H groups in total. The van der Waals surface area contributed by atoms with Crippen LogP contribution in [0.15, 0.2) is 12.2 Å². The minimum absolute atomic E-state index is 0. The number of aliphatic carboxylic acids is 2. The Morgan fingerprint density at radius 2 is 1.42 bits per heavy atom. The van der Waals surface area contributed by atoms with Crippen molar-refractivity contribution >= 4 is 28.0 Å². The smallest absolute Gasteiger partial charge is 1.00 e. The van der Waals surface area contributed by atoms with Gasteiger partial charge in [0.15, 0.2) is 5.25 Å². The van der Waals surface area contributed by atoms with Gasteiger partial charge in [0, 0.05) is 6.42 Å². The number of allylic oxidation sites excluding steroid dienone is 2. The number of aliphatic hydroxyl groups excluding tert-OH is 2. The predicted molar refractivity (Wildman–Crippen MR) is 131 cm³/mol. The number of hydrogen-bond acceptors (Lipinski definition) is 8. The van der Waals surface area contributed by atoms with Crippen molar-refractivity contribution in [2.45, 2.75) is 102 Å². The number of rotatable bonds is 20. The summed E-state index contributed by atoms with van der Waals surface area (Å²) in [5, 5.41) is 31.6. The van der Waals surface area contributed by atoms with E-state index in [4.69, 9.17) is 29.7 Å². The molecule has 0 aliphatic rings. The molecule has 0 aromatic rings. The first-order valence-electron chi connectivity index (χ1n) is 12.0. The third kappa shape index (κ3) is 27.6. The van der Waals surface area contributed by atoms with E-state index in [1.165, 1.54) is 44.9 Å². The number of hydrogen-bond donors (Lipinski definition) is 5. The van der Waals surface area contributed by atoms with Crippen LogP contribution in [0.3, 0.4) is 0 Å². The van der Waals surface area contributed by atoms with E-state index in [0.717, 1.165) is 25.7 Å². The molecule has 13 heteroatoms. The van der Waals surface area contributed by atoms with Gasteiger partial charge in [0.25, 0.3) is 10.1 Å². The van der Waals surface area contributed by atoms with Crippen LogP contribution >= 0.6 is 0 Å². The summed E-state index contributed by atoms with van der Waals surface area (Å²) in [6, 6.07) is 0. The van der Waals surface area contributed by atoms with Crippen LogP contribution in [-0.4, -0.2) is 75.9 Å². The summed E-state index contributed by atoms with van der Waals surface area (Å²) in [6.07, 6.45) is 16.0. The molecule has 2 atom stereocenters. The quantitative estimate of drug-likeness (QED) is 0.0452. The van der Waals surface area contributed by atoms with Crippen LogP contribution in [0.5, 0.6) is 0 Å². The zero-order valence-corrected chi connectivity index (χ0v) is 24.3. The molecule has 0 saturated heterocycles. The molecule has 11 nitrogen and oxygen atoms in total. The number of unbranched alkanes of at least 4 members (excludes halogenated alkanes) is 9.